The first kappa shape index (κ1) is 12.7. The summed E-state index contributed by atoms with van der Waals surface area (Å²) in [6, 6.07) is 5.26. The van der Waals surface area contributed by atoms with E-state index in [1.54, 1.807) is 25.1 Å². The molecule has 4 heteroatoms. The average Bonchev–Trinajstić information content (AvgIpc) is 3.09. The molecule has 17 heavy (non-hydrogen) atoms. The van der Waals surface area contributed by atoms with E-state index in [2.05, 4.69) is 0 Å². The van der Waals surface area contributed by atoms with E-state index < -0.39 is 6.10 Å². The zero-order valence-electron chi connectivity index (χ0n) is 9.86. The third-order valence-corrected chi connectivity index (χ3v) is 3.08. The van der Waals surface area contributed by atoms with Crippen LogP contribution >= 0.6 is 11.6 Å². The summed E-state index contributed by atoms with van der Waals surface area (Å²) in [6.07, 6.45) is 2.01. The monoisotopic (exact) mass is 256 g/mol. The van der Waals surface area contributed by atoms with Crippen molar-refractivity contribution < 1.29 is 14.6 Å². The van der Waals surface area contributed by atoms with Crippen molar-refractivity contribution in [3.63, 3.8) is 0 Å². The highest BCUT2D eigenvalue weighted by molar-refractivity contribution is 6.32. The SMILES string of the molecule is CC(O)c1ccc(OCOCC2CC2)c(Cl)c1. The minimum atomic E-state index is -0.521. The zero-order chi connectivity index (χ0) is 12.3. The van der Waals surface area contributed by atoms with Gasteiger partial charge < -0.3 is 14.6 Å². The van der Waals surface area contributed by atoms with Crippen LogP contribution in [0, 0.1) is 5.92 Å². The molecule has 1 atom stereocenters. The Balaban J connectivity index is 1.82. The number of hydrogen-bond acceptors (Lipinski definition) is 3. The molecule has 1 saturated carbocycles. The summed E-state index contributed by atoms with van der Waals surface area (Å²) in [5, 5.41) is 9.90. The van der Waals surface area contributed by atoms with Crippen LogP contribution in [0.5, 0.6) is 5.75 Å². The lowest BCUT2D eigenvalue weighted by atomic mass is 10.1. The van der Waals surface area contributed by atoms with E-state index in [9.17, 15) is 5.11 Å². The first-order chi connectivity index (χ1) is 8.16. The summed E-state index contributed by atoms with van der Waals surface area (Å²) in [5.74, 6) is 1.32. The molecule has 0 aliphatic heterocycles. The second-order valence-electron chi connectivity index (χ2n) is 4.44. The largest absolute Gasteiger partial charge is 0.466 e. The Labute approximate surface area is 106 Å². The Morgan fingerprint density at radius 2 is 2.24 bits per heavy atom. The molecule has 1 aromatic rings. The molecule has 1 aromatic carbocycles. The van der Waals surface area contributed by atoms with Crippen LogP contribution in [0.25, 0.3) is 0 Å². The molecular formula is C13H17ClO3. The number of benzene rings is 1. The van der Waals surface area contributed by atoms with Gasteiger partial charge in [-0.15, -0.1) is 0 Å². The van der Waals surface area contributed by atoms with Gasteiger partial charge in [0.15, 0.2) is 6.79 Å². The van der Waals surface area contributed by atoms with E-state index in [4.69, 9.17) is 21.1 Å². The molecule has 0 bridgehead atoms. The first-order valence-corrected chi connectivity index (χ1v) is 6.22. The van der Waals surface area contributed by atoms with Crippen molar-refractivity contribution in [1.29, 1.82) is 0 Å². The lowest BCUT2D eigenvalue weighted by Gasteiger charge is -2.11. The van der Waals surface area contributed by atoms with E-state index in [0.29, 0.717) is 10.8 Å². The van der Waals surface area contributed by atoms with Gasteiger partial charge in [-0.25, -0.2) is 0 Å². The number of aliphatic hydroxyl groups is 1. The zero-order valence-corrected chi connectivity index (χ0v) is 10.6. The molecule has 1 unspecified atom stereocenters. The molecule has 0 aromatic heterocycles. The van der Waals surface area contributed by atoms with Gasteiger partial charge in [-0.05, 0) is 43.4 Å². The molecule has 0 amide bonds. The van der Waals surface area contributed by atoms with Crippen molar-refractivity contribution in [3.05, 3.63) is 28.8 Å². The molecule has 1 aliphatic rings. The Hall–Kier alpha value is -0.770. The topological polar surface area (TPSA) is 38.7 Å². The minimum Gasteiger partial charge on any atom is -0.466 e. The molecule has 1 N–H and O–H groups in total. The van der Waals surface area contributed by atoms with Crippen LogP contribution in [0.4, 0.5) is 0 Å². The van der Waals surface area contributed by atoms with E-state index in [1.165, 1.54) is 12.8 Å². The van der Waals surface area contributed by atoms with E-state index in [1.807, 2.05) is 0 Å². The molecule has 0 heterocycles. The van der Waals surface area contributed by atoms with Crippen LogP contribution < -0.4 is 4.74 Å². The third-order valence-electron chi connectivity index (χ3n) is 2.79. The van der Waals surface area contributed by atoms with Crippen LogP contribution in [0.15, 0.2) is 18.2 Å². The second kappa shape index (κ2) is 5.71. The number of halogens is 1. The van der Waals surface area contributed by atoms with Crippen molar-refractivity contribution >= 4 is 11.6 Å². The van der Waals surface area contributed by atoms with Crippen LogP contribution in [-0.4, -0.2) is 18.5 Å². The van der Waals surface area contributed by atoms with Gasteiger partial charge in [0.1, 0.15) is 5.75 Å². The maximum absolute atomic E-state index is 9.40. The maximum Gasteiger partial charge on any atom is 0.189 e. The Bertz CT molecular complexity index is 375. The lowest BCUT2D eigenvalue weighted by molar-refractivity contribution is 0.0100. The number of hydrogen-bond donors (Lipinski definition) is 1. The number of aliphatic hydroxyl groups excluding tert-OH is 1. The summed E-state index contributed by atoms with van der Waals surface area (Å²) in [6.45, 7) is 2.69. The van der Waals surface area contributed by atoms with Crippen LogP contribution in [0.3, 0.4) is 0 Å². The van der Waals surface area contributed by atoms with Crippen molar-refractivity contribution in [3.8, 4) is 5.75 Å². The van der Waals surface area contributed by atoms with Gasteiger partial charge in [0, 0.05) is 0 Å². The lowest BCUT2D eigenvalue weighted by Crippen LogP contribution is -2.05. The fraction of sp³-hybridized carbons (Fsp3) is 0.538. The molecule has 3 nitrogen and oxygen atoms in total. The first-order valence-electron chi connectivity index (χ1n) is 5.85. The van der Waals surface area contributed by atoms with Gasteiger partial charge in [0.05, 0.1) is 17.7 Å². The van der Waals surface area contributed by atoms with Gasteiger partial charge in [0.25, 0.3) is 0 Å². The summed E-state index contributed by atoms with van der Waals surface area (Å²) in [7, 11) is 0. The molecule has 94 valence electrons. The van der Waals surface area contributed by atoms with Gasteiger partial charge in [0.2, 0.25) is 0 Å². The van der Waals surface area contributed by atoms with Crippen molar-refractivity contribution in [1.82, 2.24) is 0 Å². The Morgan fingerprint density at radius 1 is 1.47 bits per heavy atom. The summed E-state index contributed by atoms with van der Waals surface area (Å²) >= 11 is 6.04. The summed E-state index contributed by atoms with van der Waals surface area (Å²) < 4.78 is 10.8. The smallest absolute Gasteiger partial charge is 0.189 e. The standard InChI is InChI=1S/C13H17ClO3/c1-9(15)11-4-5-13(12(14)6-11)17-8-16-7-10-2-3-10/h4-6,9-10,15H,2-3,7-8H2,1H3. The minimum absolute atomic E-state index is 0.226. The molecule has 0 radical (unpaired) electrons. The summed E-state index contributed by atoms with van der Waals surface area (Å²) in [4.78, 5) is 0. The van der Waals surface area contributed by atoms with Crippen molar-refractivity contribution in [2.75, 3.05) is 13.4 Å². The highest BCUT2D eigenvalue weighted by Crippen LogP contribution is 2.30. The molecule has 1 aliphatic carbocycles. The van der Waals surface area contributed by atoms with E-state index >= 15 is 0 Å². The van der Waals surface area contributed by atoms with Gasteiger partial charge in [-0.2, -0.15) is 0 Å². The number of rotatable bonds is 6. The third kappa shape index (κ3) is 3.87. The van der Waals surface area contributed by atoms with Gasteiger partial charge in [-0.3, -0.25) is 0 Å². The molecule has 2 rings (SSSR count). The quantitative estimate of drug-likeness (QED) is 0.628. The Morgan fingerprint density at radius 3 is 2.82 bits per heavy atom. The highest BCUT2D eigenvalue weighted by Gasteiger charge is 2.21. The molecule has 1 fully saturated rings. The average molecular weight is 257 g/mol. The Kier molecular flexibility index (Phi) is 4.26. The fourth-order valence-corrected chi connectivity index (χ4v) is 1.74. The fourth-order valence-electron chi connectivity index (χ4n) is 1.50. The van der Waals surface area contributed by atoms with E-state index in [0.717, 1.165) is 18.1 Å². The summed E-state index contributed by atoms with van der Waals surface area (Å²) in [5.41, 5.74) is 0.779. The van der Waals surface area contributed by atoms with Crippen LogP contribution in [-0.2, 0) is 4.74 Å². The predicted molar refractivity (Wildman–Crippen MR) is 66.3 cm³/mol. The number of ether oxygens (including phenoxy) is 2. The maximum atomic E-state index is 9.40. The highest BCUT2D eigenvalue weighted by atomic mass is 35.5. The van der Waals surface area contributed by atoms with Crippen molar-refractivity contribution in [2.24, 2.45) is 5.92 Å². The van der Waals surface area contributed by atoms with Crippen LogP contribution in [0.2, 0.25) is 5.02 Å². The molecular weight excluding hydrogens is 240 g/mol. The molecule has 0 spiro atoms. The second-order valence-corrected chi connectivity index (χ2v) is 4.85. The van der Waals surface area contributed by atoms with Gasteiger partial charge >= 0.3 is 0 Å². The molecule has 0 saturated heterocycles. The van der Waals surface area contributed by atoms with Crippen molar-refractivity contribution in [2.45, 2.75) is 25.9 Å². The predicted octanol–water partition coefficient (Wildman–Crippen LogP) is 3.16. The van der Waals surface area contributed by atoms with Crippen LogP contribution in [0.1, 0.15) is 31.4 Å². The van der Waals surface area contributed by atoms with Gasteiger partial charge in [-0.1, -0.05) is 17.7 Å². The normalized spacial score (nSPS) is 16.9. The van der Waals surface area contributed by atoms with E-state index in [-0.39, 0.29) is 6.79 Å².